The number of hydrogen-bond acceptors (Lipinski definition) is 7. The van der Waals surface area contributed by atoms with E-state index in [9.17, 15) is 0 Å². The molecule has 0 N–H and O–H groups in total. The fourth-order valence-corrected chi connectivity index (χ4v) is 2.86. The van der Waals surface area contributed by atoms with Gasteiger partial charge in [-0.25, -0.2) is 0 Å². The van der Waals surface area contributed by atoms with Crippen molar-refractivity contribution in [3.63, 3.8) is 0 Å². The third kappa shape index (κ3) is 3.76. The van der Waals surface area contributed by atoms with Crippen molar-refractivity contribution in [3.8, 4) is 0 Å². The topological polar surface area (TPSA) is 74.5 Å². The highest BCUT2D eigenvalue weighted by Gasteiger charge is 2.30. The summed E-state index contributed by atoms with van der Waals surface area (Å²) in [5.74, 6) is 0.669. The van der Waals surface area contributed by atoms with Crippen LogP contribution in [0.15, 0.2) is 0 Å². The van der Waals surface area contributed by atoms with Gasteiger partial charge in [0, 0.05) is 39.5 Å². The molecule has 2 aliphatic rings. The van der Waals surface area contributed by atoms with Crippen molar-refractivity contribution in [2.24, 2.45) is 0 Å². The van der Waals surface area contributed by atoms with Crippen LogP contribution in [-0.4, -0.2) is 77.8 Å². The first-order valence-electron chi connectivity index (χ1n) is 7.57. The summed E-state index contributed by atoms with van der Waals surface area (Å²) in [6, 6.07) is 0.591. The molecule has 3 rings (SSSR count). The fourth-order valence-electron chi connectivity index (χ4n) is 2.86. The number of aromatic nitrogens is 4. The van der Waals surface area contributed by atoms with Crippen molar-refractivity contribution in [2.75, 3.05) is 46.6 Å². The Kier molecular flexibility index (Phi) is 5.13. The van der Waals surface area contributed by atoms with E-state index in [1.165, 1.54) is 0 Å². The van der Waals surface area contributed by atoms with E-state index in [4.69, 9.17) is 14.2 Å². The minimum absolute atomic E-state index is 0.0853. The van der Waals surface area contributed by atoms with Gasteiger partial charge in [-0.2, -0.15) is 4.80 Å². The summed E-state index contributed by atoms with van der Waals surface area (Å²) >= 11 is 0. The van der Waals surface area contributed by atoms with E-state index in [2.05, 4.69) is 20.3 Å². The predicted molar refractivity (Wildman–Crippen MR) is 73.8 cm³/mol. The largest absolute Gasteiger partial charge is 0.383 e. The predicted octanol–water partition coefficient (Wildman–Crippen LogP) is -0.128. The monoisotopic (exact) mass is 297 g/mol. The zero-order valence-electron chi connectivity index (χ0n) is 12.5. The molecule has 21 heavy (non-hydrogen) atoms. The number of tetrazole rings is 1. The van der Waals surface area contributed by atoms with Crippen molar-refractivity contribution in [1.82, 2.24) is 25.1 Å². The van der Waals surface area contributed by atoms with Crippen LogP contribution < -0.4 is 0 Å². The van der Waals surface area contributed by atoms with Crippen LogP contribution in [-0.2, 0) is 20.8 Å². The zero-order chi connectivity index (χ0) is 14.5. The molecule has 8 nitrogen and oxygen atoms in total. The molecule has 0 spiro atoms. The SMILES string of the molecule is COCCn1nnc(C2CN(C3CCOCC3)CCO2)n1. The lowest BCUT2D eigenvalue weighted by atomic mass is 10.1. The van der Waals surface area contributed by atoms with Crippen LogP contribution in [0.25, 0.3) is 0 Å². The van der Waals surface area contributed by atoms with Crippen LogP contribution in [0.4, 0.5) is 0 Å². The van der Waals surface area contributed by atoms with Crippen LogP contribution >= 0.6 is 0 Å². The molecule has 118 valence electrons. The van der Waals surface area contributed by atoms with Gasteiger partial charge in [-0.05, 0) is 18.1 Å². The van der Waals surface area contributed by atoms with Gasteiger partial charge in [-0.3, -0.25) is 4.90 Å². The summed E-state index contributed by atoms with van der Waals surface area (Å²) in [5, 5.41) is 12.6. The molecule has 0 bridgehead atoms. The minimum Gasteiger partial charge on any atom is -0.383 e. The Morgan fingerprint density at radius 1 is 1.29 bits per heavy atom. The lowest BCUT2D eigenvalue weighted by Gasteiger charge is -2.38. The molecule has 3 heterocycles. The lowest BCUT2D eigenvalue weighted by molar-refractivity contribution is -0.0664. The number of rotatable bonds is 5. The Morgan fingerprint density at radius 3 is 2.95 bits per heavy atom. The van der Waals surface area contributed by atoms with Crippen LogP contribution in [0, 0.1) is 0 Å². The van der Waals surface area contributed by atoms with Crippen LogP contribution in [0.2, 0.25) is 0 Å². The molecule has 0 radical (unpaired) electrons. The first kappa shape index (κ1) is 14.8. The highest BCUT2D eigenvalue weighted by Crippen LogP contribution is 2.23. The third-order valence-corrected chi connectivity index (χ3v) is 4.06. The van der Waals surface area contributed by atoms with E-state index in [0.717, 1.165) is 39.1 Å². The lowest BCUT2D eigenvalue weighted by Crippen LogP contribution is -2.47. The molecule has 2 saturated heterocycles. The molecule has 0 saturated carbocycles. The number of morpholine rings is 1. The quantitative estimate of drug-likeness (QED) is 0.749. The van der Waals surface area contributed by atoms with Crippen molar-refractivity contribution in [3.05, 3.63) is 5.82 Å². The average molecular weight is 297 g/mol. The molecule has 0 aromatic carbocycles. The molecular formula is C13H23N5O3. The first-order chi connectivity index (χ1) is 10.4. The fraction of sp³-hybridized carbons (Fsp3) is 0.923. The van der Waals surface area contributed by atoms with Gasteiger partial charge in [0.15, 0.2) is 0 Å². The molecule has 2 fully saturated rings. The Balaban J connectivity index is 1.58. The Morgan fingerprint density at radius 2 is 2.14 bits per heavy atom. The van der Waals surface area contributed by atoms with Gasteiger partial charge in [-0.1, -0.05) is 0 Å². The van der Waals surface area contributed by atoms with Gasteiger partial charge in [0.25, 0.3) is 0 Å². The molecule has 1 aromatic heterocycles. The van der Waals surface area contributed by atoms with Crippen LogP contribution in [0.1, 0.15) is 24.8 Å². The number of ether oxygens (including phenoxy) is 3. The summed E-state index contributed by atoms with van der Waals surface area (Å²) in [4.78, 5) is 4.04. The molecule has 1 atom stereocenters. The van der Waals surface area contributed by atoms with Gasteiger partial charge in [0.05, 0.1) is 19.8 Å². The zero-order valence-corrected chi connectivity index (χ0v) is 12.5. The maximum absolute atomic E-state index is 5.82. The summed E-state index contributed by atoms with van der Waals surface area (Å²) in [6.07, 6.45) is 2.11. The first-order valence-corrected chi connectivity index (χ1v) is 7.57. The van der Waals surface area contributed by atoms with Gasteiger partial charge < -0.3 is 14.2 Å². The summed E-state index contributed by atoms with van der Waals surface area (Å²) in [7, 11) is 1.66. The standard InChI is InChI=1S/C13H23N5O3/c1-19-8-5-18-15-13(14-16-18)12-10-17(4-9-21-12)11-2-6-20-7-3-11/h11-12H,2-10H2,1H3. The maximum atomic E-state index is 5.82. The van der Waals surface area contributed by atoms with Gasteiger partial charge >= 0.3 is 0 Å². The van der Waals surface area contributed by atoms with E-state index in [1.54, 1.807) is 11.9 Å². The van der Waals surface area contributed by atoms with Crippen LogP contribution in [0.5, 0.6) is 0 Å². The average Bonchev–Trinajstić information content (AvgIpc) is 3.03. The Labute approximate surface area is 124 Å². The van der Waals surface area contributed by atoms with Crippen molar-refractivity contribution in [1.29, 1.82) is 0 Å². The molecule has 2 aliphatic heterocycles. The van der Waals surface area contributed by atoms with Crippen molar-refractivity contribution >= 4 is 0 Å². The third-order valence-electron chi connectivity index (χ3n) is 4.06. The van der Waals surface area contributed by atoms with E-state index in [0.29, 0.717) is 31.6 Å². The Hall–Kier alpha value is -1.09. The normalized spacial score (nSPS) is 25.3. The second-order valence-electron chi connectivity index (χ2n) is 5.43. The molecule has 0 aliphatic carbocycles. The van der Waals surface area contributed by atoms with E-state index in [1.807, 2.05) is 0 Å². The van der Waals surface area contributed by atoms with Crippen molar-refractivity contribution in [2.45, 2.75) is 31.5 Å². The van der Waals surface area contributed by atoms with E-state index < -0.39 is 0 Å². The van der Waals surface area contributed by atoms with Gasteiger partial charge in [-0.15, -0.1) is 10.2 Å². The minimum atomic E-state index is -0.0853. The van der Waals surface area contributed by atoms with E-state index >= 15 is 0 Å². The van der Waals surface area contributed by atoms with E-state index in [-0.39, 0.29) is 6.10 Å². The molecule has 1 unspecified atom stereocenters. The number of nitrogens with zero attached hydrogens (tertiary/aromatic N) is 5. The summed E-state index contributed by atoms with van der Waals surface area (Å²) in [6.45, 7) is 5.43. The van der Waals surface area contributed by atoms with Crippen LogP contribution in [0.3, 0.4) is 0 Å². The maximum Gasteiger partial charge on any atom is 0.204 e. The van der Waals surface area contributed by atoms with Crippen molar-refractivity contribution < 1.29 is 14.2 Å². The second-order valence-corrected chi connectivity index (χ2v) is 5.43. The molecule has 8 heteroatoms. The molecule has 1 aromatic rings. The highest BCUT2D eigenvalue weighted by atomic mass is 16.5. The highest BCUT2D eigenvalue weighted by molar-refractivity contribution is 4.91. The molecular weight excluding hydrogens is 274 g/mol. The summed E-state index contributed by atoms with van der Waals surface area (Å²) < 4.78 is 16.3. The number of hydrogen-bond donors (Lipinski definition) is 0. The molecule has 0 amide bonds. The smallest absolute Gasteiger partial charge is 0.204 e. The van der Waals surface area contributed by atoms with Gasteiger partial charge in [0.2, 0.25) is 5.82 Å². The second kappa shape index (κ2) is 7.26. The summed E-state index contributed by atoms with van der Waals surface area (Å²) in [5.41, 5.74) is 0. The van der Waals surface area contributed by atoms with Gasteiger partial charge in [0.1, 0.15) is 6.10 Å². The number of methoxy groups -OCH3 is 1. The Bertz CT molecular complexity index is 435.